The number of ketones is 1. The van der Waals surface area contributed by atoms with Gasteiger partial charge in [0.1, 0.15) is 5.78 Å². The molecule has 4 aliphatic carbocycles. The molecule has 0 aromatic heterocycles. The number of carbonyl (C=O) groups is 1. The first-order valence-electron chi connectivity index (χ1n) is 7.00. The van der Waals surface area contributed by atoms with Crippen LogP contribution in [0, 0.1) is 22.7 Å². The highest BCUT2D eigenvalue weighted by atomic mass is 16.1. The zero-order chi connectivity index (χ0) is 10.8. The fraction of sp³-hybridized carbons (Fsp3) is 0.800. The Bertz CT molecular complexity index is 383. The van der Waals surface area contributed by atoms with Crippen LogP contribution >= 0.6 is 0 Å². The van der Waals surface area contributed by atoms with Crippen LogP contribution in [0.1, 0.15) is 51.4 Å². The van der Waals surface area contributed by atoms with Gasteiger partial charge in [-0.05, 0) is 49.4 Å². The largest absolute Gasteiger partial charge is 0.299 e. The molecule has 0 aromatic rings. The van der Waals surface area contributed by atoms with E-state index in [-0.39, 0.29) is 5.41 Å². The Morgan fingerprint density at radius 3 is 2.62 bits per heavy atom. The minimum Gasteiger partial charge on any atom is -0.299 e. The summed E-state index contributed by atoms with van der Waals surface area (Å²) >= 11 is 0. The third-order valence-corrected chi connectivity index (χ3v) is 6.40. The lowest BCUT2D eigenvalue weighted by atomic mass is 9.33. The van der Waals surface area contributed by atoms with Gasteiger partial charge < -0.3 is 0 Å². The molecule has 16 heavy (non-hydrogen) atoms. The predicted octanol–water partition coefficient (Wildman–Crippen LogP) is 3.49. The second kappa shape index (κ2) is 2.80. The van der Waals surface area contributed by atoms with Gasteiger partial charge in [0.25, 0.3) is 0 Å². The van der Waals surface area contributed by atoms with Gasteiger partial charge in [0.05, 0.1) is 0 Å². The van der Waals surface area contributed by atoms with E-state index in [0.29, 0.717) is 11.2 Å². The summed E-state index contributed by atoms with van der Waals surface area (Å²) in [6, 6.07) is 0. The van der Waals surface area contributed by atoms with Crippen LogP contribution in [0.15, 0.2) is 12.2 Å². The maximum Gasteiger partial charge on any atom is 0.139 e. The van der Waals surface area contributed by atoms with Crippen LogP contribution in [0.2, 0.25) is 0 Å². The number of Topliss-reactive ketones (excluding diaryl/α,β-unsaturated/α-hetero) is 1. The molecule has 4 aliphatic rings. The summed E-state index contributed by atoms with van der Waals surface area (Å²) in [6.45, 7) is 0. The molecule has 0 saturated heterocycles. The normalized spacial score (nSPS) is 53.9. The molecule has 1 heteroatoms. The predicted molar refractivity (Wildman–Crippen MR) is 62.9 cm³/mol. The third-order valence-electron chi connectivity index (χ3n) is 6.40. The summed E-state index contributed by atoms with van der Waals surface area (Å²) in [5, 5.41) is 0. The first-order chi connectivity index (χ1) is 7.81. The molecule has 86 valence electrons. The van der Waals surface area contributed by atoms with Crippen LogP contribution in [0.3, 0.4) is 0 Å². The second-order valence-corrected chi connectivity index (χ2v) is 6.41. The van der Waals surface area contributed by atoms with Crippen LogP contribution in [-0.2, 0) is 4.79 Å². The van der Waals surface area contributed by atoms with Crippen molar-refractivity contribution in [3.8, 4) is 0 Å². The molecule has 0 bridgehead atoms. The van der Waals surface area contributed by atoms with Crippen molar-refractivity contribution in [1.82, 2.24) is 0 Å². The van der Waals surface area contributed by atoms with Gasteiger partial charge in [-0.15, -0.1) is 0 Å². The van der Waals surface area contributed by atoms with Crippen molar-refractivity contribution in [3.63, 3.8) is 0 Å². The lowest BCUT2D eigenvalue weighted by molar-refractivity contribution is -0.210. The molecule has 0 heterocycles. The van der Waals surface area contributed by atoms with Crippen molar-refractivity contribution in [2.45, 2.75) is 51.4 Å². The van der Waals surface area contributed by atoms with Gasteiger partial charge in [0.15, 0.2) is 0 Å². The van der Waals surface area contributed by atoms with E-state index in [2.05, 4.69) is 12.2 Å². The van der Waals surface area contributed by atoms with Crippen molar-refractivity contribution in [2.24, 2.45) is 22.7 Å². The Hall–Kier alpha value is -0.590. The van der Waals surface area contributed by atoms with Gasteiger partial charge in [0, 0.05) is 11.8 Å². The third kappa shape index (κ3) is 0.752. The molecule has 0 N–H and O–H groups in total. The van der Waals surface area contributed by atoms with E-state index in [1.165, 1.54) is 44.9 Å². The quantitative estimate of drug-likeness (QED) is 0.566. The molecular formula is C15H20O. The van der Waals surface area contributed by atoms with Gasteiger partial charge in [-0.25, -0.2) is 0 Å². The van der Waals surface area contributed by atoms with E-state index in [9.17, 15) is 4.79 Å². The van der Waals surface area contributed by atoms with Gasteiger partial charge in [-0.1, -0.05) is 25.0 Å². The van der Waals surface area contributed by atoms with Crippen LogP contribution in [-0.4, -0.2) is 5.78 Å². The molecule has 4 unspecified atom stereocenters. The molecule has 0 amide bonds. The second-order valence-electron chi connectivity index (χ2n) is 6.41. The average Bonchev–Trinajstić information content (AvgIpc) is 2.60. The monoisotopic (exact) mass is 216 g/mol. The number of hydrogen-bond acceptors (Lipinski definition) is 1. The van der Waals surface area contributed by atoms with E-state index < -0.39 is 0 Å². The number of allylic oxidation sites excluding steroid dienone is 2. The van der Waals surface area contributed by atoms with Gasteiger partial charge >= 0.3 is 0 Å². The summed E-state index contributed by atoms with van der Waals surface area (Å²) < 4.78 is 0. The van der Waals surface area contributed by atoms with Crippen LogP contribution in [0.4, 0.5) is 0 Å². The lowest BCUT2D eigenvalue weighted by Gasteiger charge is -2.69. The zero-order valence-corrected chi connectivity index (χ0v) is 9.87. The number of hydrogen-bond donors (Lipinski definition) is 0. The maximum absolute atomic E-state index is 12.4. The average molecular weight is 216 g/mol. The molecule has 3 fully saturated rings. The highest BCUT2D eigenvalue weighted by molar-refractivity contribution is 5.90. The topological polar surface area (TPSA) is 17.1 Å². The van der Waals surface area contributed by atoms with Crippen molar-refractivity contribution >= 4 is 5.78 Å². The van der Waals surface area contributed by atoms with Gasteiger partial charge in [-0.2, -0.15) is 0 Å². The number of carbonyl (C=O) groups excluding carboxylic acids is 1. The van der Waals surface area contributed by atoms with E-state index in [1.54, 1.807) is 0 Å². The van der Waals surface area contributed by atoms with Gasteiger partial charge in [0.2, 0.25) is 0 Å². The molecule has 3 saturated carbocycles. The van der Waals surface area contributed by atoms with Crippen molar-refractivity contribution in [1.29, 1.82) is 0 Å². The summed E-state index contributed by atoms with van der Waals surface area (Å²) in [7, 11) is 0. The smallest absolute Gasteiger partial charge is 0.139 e. The number of rotatable bonds is 0. The summed E-state index contributed by atoms with van der Waals surface area (Å²) in [6.07, 6.45) is 14.5. The Labute approximate surface area is 97.3 Å². The lowest BCUT2D eigenvalue weighted by Crippen LogP contribution is -2.66. The molecular weight excluding hydrogens is 196 g/mol. The Balaban J connectivity index is 1.84. The Morgan fingerprint density at radius 1 is 1.00 bits per heavy atom. The molecule has 0 radical (unpaired) electrons. The summed E-state index contributed by atoms with van der Waals surface area (Å²) in [5.74, 6) is 2.24. The molecule has 4 rings (SSSR count). The SMILES string of the molecule is O=C1CCC23CCCCC12C1CC=CCC13. The summed E-state index contributed by atoms with van der Waals surface area (Å²) in [4.78, 5) is 12.4. The van der Waals surface area contributed by atoms with Crippen LogP contribution < -0.4 is 0 Å². The van der Waals surface area contributed by atoms with E-state index in [4.69, 9.17) is 0 Å². The zero-order valence-electron chi connectivity index (χ0n) is 9.87. The van der Waals surface area contributed by atoms with Crippen molar-refractivity contribution in [2.75, 3.05) is 0 Å². The highest BCUT2D eigenvalue weighted by Crippen LogP contribution is 2.78. The van der Waals surface area contributed by atoms with Gasteiger partial charge in [-0.3, -0.25) is 4.79 Å². The maximum atomic E-state index is 12.4. The summed E-state index contributed by atoms with van der Waals surface area (Å²) in [5.41, 5.74) is 0.637. The fourth-order valence-electron chi connectivity index (χ4n) is 5.98. The highest BCUT2D eigenvalue weighted by Gasteiger charge is 2.75. The first-order valence-corrected chi connectivity index (χ1v) is 7.00. The molecule has 1 nitrogen and oxygen atoms in total. The standard InChI is InChI=1S/C15H20O/c16-13-7-10-14-8-3-4-9-15(13,14)12-6-2-1-5-11(12)14/h1-2,11-12H,3-10H2. The van der Waals surface area contributed by atoms with Crippen molar-refractivity contribution < 1.29 is 4.79 Å². The molecule has 4 atom stereocenters. The first kappa shape index (κ1) is 9.44. The molecule has 0 spiro atoms. The van der Waals surface area contributed by atoms with E-state index in [1.807, 2.05) is 0 Å². The molecule has 0 aliphatic heterocycles. The Kier molecular flexibility index (Phi) is 1.65. The fourth-order valence-corrected chi connectivity index (χ4v) is 5.98. The van der Waals surface area contributed by atoms with E-state index >= 15 is 0 Å². The Morgan fingerprint density at radius 2 is 1.75 bits per heavy atom. The minimum absolute atomic E-state index is 0.167. The molecule has 0 aromatic carbocycles. The number of fused-ring (bicyclic) bond motifs is 1. The minimum atomic E-state index is 0.167. The van der Waals surface area contributed by atoms with Crippen LogP contribution in [0.25, 0.3) is 0 Å². The van der Waals surface area contributed by atoms with E-state index in [0.717, 1.165) is 18.3 Å². The van der Waals surface area contributed by atoms with Crippen molar-refractivity contribution in [3.05, 3.63) is 12.2 Å². The van der Waals surface area contributed by atoms with Crippen LogP contribution in [0.5, 0.6) is 0 Å².